The number of nitro groups is 1. The number of nitrogens with zero attached hydrogens (tertiary/aromatic N) is 1. The van der Waals surface area contributed by atoms with E-state index >= 15 is 0 Å². The van der Waals surface area contributed by atoms with Gasteiger partial charge in [-0.25, -0.2) is 0 Å². The molecule has 0 heterocycles. The molecule has 0 fully saturated rings. The Morgan fingerprint density at radius 2 is 2.19 bits per heavy atom. The number of nitrogen functional groups attached to an aromatic ring is 1. The summed E-state index contributed by atoms with van der Waals surface area (Å²) >= 11 is 0. The summed E-state index contributed by atoms with van der Waals surface area (Å²) < 4.78 is 10.4. The van der Waals surface area contributed by atoms with Crippen LogP contribution in [0, 0.1) is 10.1 Å². The summed E-state index contributed by atoms with van der Waals surface area (Å²) in [6.07, 6.45) is 0. The Labute approximate surface area is 93.1 Å². The van der Waals surface area contributed by atoms with Gasteiger partial charge in [0, 0.05) is 18.7 Å². The van der Waals surface area contributed by atoms with E-state index in [9.17, 15) is 10.1 Å². The summed E-state index contributed by atoms with van der Waals surface area (Å²) in [5.74, 6) is 0.435. The second-order valence-corrected chi connectivity index (χ2v) is 3.02. The Balaban J connectivity index is 2.57. The molecule has 0 amide bonds. The predicted molar refractivity (Wildman–Crippen MR) is 59.5 cm³/mol. The number of nitro benzene ring substituents is 1. The Morgan fingerprint density at radius 3 is 2.75 bits per heavy atom. The summed E-state index contributed by atoms with van der Waals surface area (Å²) in [5.41, 5.74) is 5.81. The smallest absolute Gasteiger partial charge is 0.271 e. The van der Waals surface area contributed by atoms with Crippen LogP contribution in [0.3, 0.4) is 0 Å². The normalized spacial score (nSPS) is 10.1. The molecule has 0 atom stereocenters. The van der Waals surface area contributed by atoms with Crippen molar-refractivity contribution < 1.29 is 14.4 Å². The fourth-order valence-corrected chi connectivity index (χ4v) is 1.14. The molecule has 0 aliphatic rings. The molecule has 0 spiro atoms. The zero-order valence-corrected chi connectivity index (χ0v) is 9.01. The number of benzene rings is 1. The first kappa shape index (κ1) is 12.3. The van der Waals surface area contributed by atoms with Gasteiger partial charge >= 0.3 is 0 Å². The van der Waals surface area contributed by atoms with E-state index in [0.717, 1.165) is 0 Å². The van der Waals surface area contributed by atoms with Crippen LogP contribution in [0.4, 0.5) is 11.4 Å². The first-order chi connectivity index (χ1) is 7.65. The highest BCUT2D eigenvalue weighted by molar-refractivity contribution is 5.58. The lowest BCUT2D eigenvalue weighted by atomic mass is 10.2. The second-order valence-electron chi connectivity index (χ2n) is 3.02. The molecule has 16 heavy (non-hydrogen) atoms. The number of non-ortho nitro benzene ring substituents is 1. The average molecular weight is 226 g/mol. The average Bonchev–Trinajstić information content (AvgIpc) is 2.26. The van der Waals surface area contributed by atoms with E-state index in [-0.39, 0.29) is 11.4 Å². The van der Waals surface area contributed by atoms with Crippen LogP contribution in [-0.4, -0.2) is 24.7 Å². The van der Waals surface area contributed by atoms with Gasteiger partial charge in [-0.1, -0.05) is 0 Å². The molecule has 1 aromatic rings. The Hall–Kier alpha value is -1.82. The van der Waals surface area contributed by atoms with Crippen LogP contribution in [0.15, 0.2) is 18.2 Å². The van der Waals surface area contributed by atoms with Crippen molar-refractivity contribution in [1.82, 2.24) is 0 Å². The van der Waals surface area contributed by atoms with E-state index in [1.807, 2.05) is 6.92 Å². The minimum Gasteiger partial charge on any atom is -0.489 e. The van der Waals surface area contributed by atoms with Crippen LogP contribution < -0.4 is 10.5 Å². The van der Waals surface area contributed by atoms with Crippen molar-refractivity contribution in [3.63, 3.8) is 0 Å². The molecule has 1 aromatic carbocycles. The molecule has 0 aliphatic heterocycles. The van der Waals surface area contributed by atoms with E-state index in [4.69, 9.17) is 15.2 Å². The van der Waals surface area contributed by atoms with E-state index in [0.29, 0.717) is 25.6 Å². The molecule has 0 aromatic heterocycles. The molecule has 0 saturated heterocycles. The van der Waals surface area contributed by atoms with Gasteiger partial charge in [0.15, 0.2) is 0 Å². The SMILES string of the molecule is CCOCCOc1ccc([N+](=O)[O-])cc1N. The first-order valence-corrected chi connectivity index (χ1v) is 4.89. The van der Waals surface area contributed by atoms with Gasteiger partial charge < -0.3 is 15.2 Å². The van der Waals surface area contributed by atoms with E-state index in [1.54, 1.807) is 0 Å². The summed E-state index contributed by atoms with van der Waals surface area (Å²) in [6.45, 7) is 3.35. The summed E-state index contributed by atoms with van der Waals surface area (Å²) in [4.78, 5) is 9.95. The van der Waals surface area contributed by atoms with Gasteiger partial charge in [0.1, 0.15) is 12.4 Å². The van der Waals surface area contributed by atoms with Crippen LogP contribution in [0.5, 0.6) is 5.75 Å². The van der Waals surface area contributed by atoms with Gasteiger partial charge in [-0.15, -0.1) is 0 Å². The maximum atomic E-state index is 10.5. The minimum atomic E-state index is -0.500. The van der Waals surface area contributed by atoms with Gasteiger partial charge in [-0.3, -0.25) is 10.1 Å². The number of hydrogen-bond acceptors (Lipinski definition) is 5. The summed E-state index contributed by atoms with van der Waals surface area (Å²) in [5, 5.41) is 10.5. The standard InChI is InChI=1S/C10H14N2O4/c1-2-15-5-6-16-10-4-3-8(12(13)14)7-9(10)11/h3-4,7H,2,5-6,11H2,1H3. The van der Waals surface area contributed by atoms with E-state index in [1.165, 1.54) is 18.2 Å². The molecule has 1 rings (SSSR count). The van der Waals surface area contributed by atoms with Crippen molar-refractivity contribution in [3.8, 4) is 5.75 Å². The highest BCUT2D eigenvalue weighted by Gasteiger charge is 2.09. The largest absolute Gasteiger partial charge is 0.489 e. The number of hydrogen-bond donors (Lipinski definition) is 1. The van der Waals surface area contributed by atoms with Gasteiger partial charge in [0.25, 0.3) is 5.69 Å². The zero-order chi connectivity index (χ0) is 12.0. The molecular formula is C10H14N2O4. The third-order valence-electron chi connectivity index (χ3n) is 1.89. The van der Waals surface area contributed by atoms with Crippen LogP contribution >= 0.6 is 0 Å². The highest BCUT2D eigenvalue weighted by Crippen LogP contribution is 2.25. The van der Waals surface area contributed by atoms with E-state index < -0.39 is 4.92 Å². The Morgan fingerprint density at radius 1 is 1.44 bits per heavy atom. The molecule has 6 heteroatoms. The molecule has 0 radical (unpaired) electrons. The Kier molecular flexibility index (Phi) is 4.53. The molecule has 0 aliphatic carbocycles. The lowest BCUT2D eigenvalue weighted by Crippen LogP contribution is -2.07. The van der Waals surface area contributed by atoms with Crippen molar-refractivity contribution in [2.75, 3.05) is 25.6 Å². The maximum Gasteiger partial charge on any atom is 0.271 e. The maximum absolute atomic E-state index is 10.5. The topological polar surface area (TPSA) is 87.6 Å². The first-order valence-electron chi connectivity index (χ1n) is 4.89. The fourth-order valence-electron chi connectivity index (χ4n) is 1.14. The fraction of sp³-hybridized carbons (Fsp3) is 0.400. The molecular weight excluding hydrogens is 212 g/mol. The third-order valence-corrected chi connectivity index (χ3v) is 1.89. The van der Waals surface area contributed by atoms with Crippen LogP contribution in [-0.2, 0) is 4.74 Å². The van der Waals surface area contributed by atoms with Crippen LogP contribution in [0.1, 0.15) is 6.92 Å². The monoisotopic (exact) mass is 226 g/mol. The lowest BCUT2D eigenvalue weighted by Gasteiger charge is -2.08. The number of rotatable bonds is 6. The minimum absolute atomic E-state index is 0.0466. The second kappa shape index (κ2) is 5.92. The summed E-state index contributed by atoms with van der Waals surface area (Å²) in [6, 6.07) is 4.11. The molecule has 6 nitrogen and oxygen atoms in total. The molecule has 0 bridgehead atoms. The van der Waals surface area contributed by atoms with Gasteiger partial charge in [0.05, 0.1) is 17.2 Å². The zero-order valence-electron chi connectivity index (χ0n) is 9.01. The van der Waals surface area contributed by atoms with Crippen molar-refractivity contribution in [2.45, 2.75) is 6.92 Å². The molecule has 88 valence electrons. The predicted octanol–water partition coefficient (Wildman–Crippen LogP) is 1.59. The summed E-state index contributed by atoms with van der Waals surface area (Å²) in [7, 11) is 0. The molecule has 0 saturated carbocycles. The lowest BCUT2D eigenvalue weighted by molar-refractivity contribution is -0.384. The van der Waals surface area contributed by atoms with Gasteiger partial charge in [0.2, 0.25) is 0 Å². The van der Waals surface area contributed by atoms with Crippen molar-refractivity contribution >= 4 is 11.4 Å². The number of anilines is 1. The van der Waals surface area contributed by atoms with Crippen LogP contribution in [0.25, 0.3) is 0 Å². The van der Waals surface area contributed by atoms with Crippen LogP contribution in [0.2, 0.25) is 0 Å². The van der Waals surface area contributed by atoms with Gasteiger partial charge in [-0.05, 0) is 13.0 Å². The molecule has 0 unspecified atom stereocenters. The number of ether oxygens (including phenoxy) is 2. The highest BCUT2D eigenvalue weighted by atomic mass is 16.6. The third kappa shape index (κ3) is 3.39. The van der Waals surface area contributed by atoms with E-state index in [2.05, 4.69) is 0 Å². The number of nitrogens with two attached hydrogens (primary N) is 1. The quantitative estimate of drug-likeness (QED) is 0.344. The molecule has 2 N–H and O–H groups in total. The van der Waals surface area contributed by atoms with Gasteiger partial charge in [-0.2, -0.15) is 0 Å². The van der Waals surface area contributed by atoms with Crippen molar-refractivity contribution in [2.24, 2.45) is 0 Å². The van der Waals surface area contributed by atoms with Crippen molar-refractivity contribution in [1.29, 1.82) is 0 Å². The Bertz CT molecular complexity index is 368. The van der Waals surface area contributed by atoms with Crippen molar-refractivity contribution in [3.05, 3.63) is 28.3 Å².